The number of aromatic nitrogens is 1. The summed E-state index contributed by atoms with van der Waals surface area (Å²) in [6.45, 7) is 4.64. The molecule has 2 heterocycles. The van der Waals surface area contributed by atoms with E-state index in [2.05, 4.69) is 10.3 Å². The molecule has 0 fully saturated rings. The highest BCUT2D eigenvalue weighted by Gasteiger charge is 2.39. The van der Waals surface area contributed by atoms with E-state index < -0.39 is 0 Å². The van der Waals surface area contributed by atoms with E-state index in [-0.39, 0.29) is 24.1 Å². The summed E-state index contributed by atoms with van der Waals surface area (Å²) in [5.41, 5.74) is 3.90. The summed E-state index contributed by atoms with van der Waals surface area (Å²) in [6, 6.07) is 18.5. The van der Waals surface area contributed by atoms with Crippen LogP contribution in [-0.2, 0) is 16.1 Å². The molecule has 4 rings (SSSR count). The van der Waals surface area contributed by atoms with Gasteiger partial charge in [-0.15, -0.1) is 0 Å². The van der Waals surface area contributed by atoms with E-state index in [4.69, 9.17) is 4.74 Å². The van der Waals surface area contributed by atoms with Crippen LogP contribution in [0.2, 0.25) is 0 Å². The molecule has 6 heteroatoms. The predicted octanol–water partition coefficient (Wildman–Crippen LogP) is 4.18. The number of benzene rings is 2. The van der Waals surface area contributed by atoms with Gasteiger partial charge in [-0.2, -0.15) is 0 Å². The summed E-state index contributed by atoms with van der Waals surface area (Å²) in [6.07, 6.45) is 3.32. The second-order valence-electron chi connectivity index (χ2n) is 7.26. The van der Waals surface area contributed by atoms with Crippen LogP contribution >= 0.6 is 0 Å². The van der Waals surface area contributed by atoms with Crippen molar-refractivity contribution in [2.45, 2.75) is 20.4 Å². The van der Waals surface area contributed by atoms with Gasteiger partial charge < -0.3 is 10.1 Å². The zero-order chi connectivity index (χ0) is 21.8. The number of hydrogen-bond donors (Lipinski definition) is 1. The van der Waals surface area contributed by atoms with E-state index in [1.54, 1.807) is 18.5 Å². The minimum atomic E-state index is -0.363. The zero-order valence-corrected chi connectivity index (χ0v) is 17.5. The van der Waals surface area contributed by atoms with Crippen molar-refractivity contribution >= 4 is 23.1 Å². The van der Waals surface area contributed by atoms with E-state index in [0.29, 0.717) is 23.4 Å². The lowest BCUT2D eigenvalue weighted by molar-refractivity contribution is -0.137. The minimum absolute atomic E-state index is 0.162. The average molecular weight is 413 g/mol. The van der Waals surface area contributed by atoms with Gasteiger partial charge in [0.25, 0.3) is 11.8 Å². The number of ether oxygens (including phenoxy) is 1. The number of amides is 2. The van der Waals surface area contributed by atoms with Crippen LogP contribution in [0.4, 0.5) is 5.69 Å². The molecule has 0 saturated carbocycles. The third kappa shape index (κ3) is 4.33. The van der Waals surface area contributed by atoms with Gasteiger partial charge in [0.1, 0.15) is 11.4 Å². The van der Waals surface area contributed by atoms with Crippen LogP contribution in [0, 0.1) is 6.92 Å². The fourth-order valence-electron chi connectivity index (χ4n) is 3.44. The van der Waals surface area contributed by atoms with Crippen LogP contribution in [0.1, 0.15) is 23.6 Å². The molecule has 1 aliphatic heterocycles. The van der Waals surface area contributed by atoms with Crippen molar-refractivity contribution in [3.63, 3.8) is 0 Å². The van der Waals surface area contributed by atoms with Crippen molar-refractivity contribution < 1.29 is 14.3 Å². The molecular weight excluding hydrogens is 390 g/mol. The number of pyridine rings is 1. The molecule has 2 amide bonds. The summed E-state index contributed by atoms with van der Waals surface area (Å²) in [5.74, 6) is 0.0530. The molecule has 3 aromatic rings. The van der Waals surface area contributed by atoms with E-state index in [1.807, 2.05) is 68.4 Å². The third-order valence-electron chi connectivity index (χ3n) is 5.01. The van der Waals surface area contributed by atoms with Crippen LogP contribution in [-0.4, -0.2) is 28.3 Å². The quantitative estimate of drug-likeness (QED) is 0.589. The molecule has 0 spiro atoms. The van der Waals surface area contributed by atoms with Gasteiger partial charge in [-0.25, -0.2) is 0 Å². The SMILES string of the molecule is CCOc1ccc(NC2=C(c3ccc(C)cc3)C(=O)N(Cc3cccnc3)C2=O)cc1. The van der Waals surface area contributed by atoms with Gasteiger partial charge in [-0.1, -0.05) is 35.9 Å². The van der Waals surface area contributed by atoms with E-state index >= 15 is 0 Å². The summed E-state index contributed by atoms with van der Waals surface area (Å²) in [7, 11) is 0. The molecular formula is C25H23N3O3. The lowest BCUT2D eigenvalue weighted by Gasteiger charge is -2.15. The normalized spacial score (nSPS) is 13.7. The Morgan fingerprint density at radius 3 is 2.35 bits per heavy atom. The molecule has 0 unspecified atom stereocenters. The molecule has 1 N–H and O–H groups in total. The first-order valence-electron chi connectivity index (χ1n) is 10.1. The van der Waals surface area contributed by atoms with E-state index in [9.17, 15) is 9.59 Å². The number of anilines is 1. The van der Waals surface area contributed by atoms with Crippen molar-refractivity contribution in [2.75, 3.05) is 11.9 Å². The van der Waals surface area contributed by atoms with E-state index in [0.717, 1.165) is 16.9 Å². The van der Waals surface area contributed by atoms with Crippen LogP contribution < -0.4 is 10.1 Å². The Kier molecular flexibility index (Phi) is 5.80. The molecule has 156 valence electrons. The van der Waals surface area contributed by atoms with Gasteiger partial charge in [-0.3, -0.25) is 19.5 Å². The maximum absolute atomic E-state index is 13.3. The molecule has 2 aromatic carbocycles. The Morgan fingerprint density at radius 1 is 0.968 bits per heavy atom. The van der Waals surface area contributed by atoms with E-state index in [1.165, 1.54) is 4.90 Å². The number of carbonyl (C=O) groups excluding carboxylic acids is 2. The van der Waals surface area contributed by atoms with Crippen molar-refractivity contribution in [3.05, 3.63) is 95.4 Å². The topological polar surface area (TPSA) is 71.5 Å². The Hall–Kier alpha value is -3.93. The summed E-state index contributed by atoms with van der Waals surface area (Å²) in [5, 5.41) is 3.17. The highest BCUT2D eigenvalue weighted by molar-refractivity contribution is 6.36. The van der Waals surface area contributed by atoms with Gasteiger partial charge >= 0.3 is 0 Å². The Labute approximate surface area is 181 Å². The number of carbonyl (C=O) groups is 2. The van der Waals surface area contributed by atoms with Crippen LogP contribution in [0.15, 0.2) is 78.8 Å². The number of nitrogens with zero attached hydrogens (tertiary/aromatic N) is 2. The number of hydrogen-bond acceptors (Lipinski definition) is 5. The number of aryl methyl sites for hydroxylation is 1. The average Bonchev–Trinajstić information content (AvgIpc) is 3.01. The highest BCUT2D eigenvalue weighted by Crippen LogP contribution is 2.32. The molecule has 31 heavy (non-hydrogen) atoms. The standard InChI is InChI=1S/C25H23N3O3/c1-3-31-21-12-10-20(11-13-21)27-23-22(19-8-6-17(2)7-9-19)24(29)28(25(23)30)16-18-5-4-14-26-15-18/h4-15,27H,3,16H2,1-2H3. The highest BCUT2D eigenvalue weighted by atomic mass is 16.5. The van der Waals surface area contributed by atoms with Gasteiger partial charge in [0.05, 0.1) is 18.7 Å². The summed E-state index contributed by atoms with van der Waals surface area (Å²) in [4.78, 5) is 31.9. The predicted molar refractivity (Wildman–Crippen MR) is 119 cm³/mol. The minimum Gasteiger partial charge on any atom is -0.494 e. The zero-order valence-electron chi connectivity index (χ0n) is 17.5. The largest absolute Gasteiger partial charge is 0.494 e. The molecule has 1 aliphatic rings. The third-order valence-corrected chi connectivity index (χ3v) is 5.01. The summed E-state index contributed by atoms with van der Waals surface area (Å²) >= 11 is 0. The monoisotopic (exact) mass is 413 g/mol. The summed E-state index contributed by atoms with van der Waals surface area (Å²) < 4.78 is 5.48. The smallest absolute Gasteiger partial charge is 0.278 e. The van der Waals surface area contributed by atoms with Gasteiger partial charge in [0.2, 0.25) is 0 Å². The maximum atomic E-state index is 13.3. The lowest BCUT2D eigenvalue weighted by atomic mass is 10.0. The molecule has 0 bridgehead atoms. The van der Waals surface area contributed by atoms with Crippen LogP contribution in [0.5, 0.6) is 5.75 Å². The van der Waals surface area contributed by atoms with Gasteiger partial charge in [0.15, 0.2) is 0 Å². The van der Waals surface area contributed by atoms with Crippen molar-refractivity contribution in [2.24, 2.45) is 0 Å². The molecule has 0 aliphatic carbocycles. The van der Waals surface area contributed by atoms with Crippen molar-refractivity contribution in [1.29, 1.82) is 0 Å². The molecule has 1 aromatic heterocycles. The van der Waals surface area contributed by atoms with Crippen LogP contribution in [0.25, 0.3) is 5.57 Å². The second kappa shape index (κ2) is 8.83. The molecule has 6 nitrogen and oxygen atoms in total. The number of nitrogens with one attached hydrogen (secondary N) is 1. The molecule has 0 radical (unpaired) electrons. The fraction of sp³-hybridized carbons (Fsp3) is 0.160. The van der Waals surface area contributed by atoms with Gasteiger partial charge in [-0.05, 0) is 55.3 Å². The number of imide groups is 1. The fourth-order valence-corrected chi connectivity index (χ4v) is 3.44. The number of rotatable bonds is 7. The molecule has 0 saturated heterocycles. The Balaban J connectivity index is 1.69. The molecule has 0 atom stereocenters. The maximum Gasteiger partial charge on any atom is 0.278 e. The first-order chi connectivity index (χ1) is 15.1. The Morgan fingerprint density at radius 2 is 1.71 bits per heavy atom. The van der Waals surface area contributed by atoms with Crippen molar-refractivity contribution in [1.82, 2.24) is 9.88 Å². The van der Waals surface area contributed by atoms with Crippen molar-refractivity contribution in [3.8, 4) is 5.75 Å². The van der Waals surface area contributed by atoms with Crippen LogP contribution in [0.3, 0.4) is 0 Å². The lowest BCUT2D eigenvalue weighted by Crippen LogP contribution is -2.32. The Bertz CT molecular complexity index is 1120. The first kappa shape index (κ1) is 20.3. The second-order valence-corrected chi connectivity index (χ2v) is 7.26. The first-order valence-corrected chi connectivity index (χ1v) is 10.1. The van der Waals surface area contributed by atoms with Gasteiger partial charge in [0, 0.05) is 18.1 Å².